The molecule has 0 heterocycles. The second-order valence-electron chi connectivity index (χ2n) is 19.5. The molecular weight excluding hydrogens is 737 g/mol. The van der Waals surface area contributed by atoms with E-state index in [0.29, 0.717) is 34.8 Å². The summed E-state index contributed by atoms with van der Waals surface area (Å²) in [6.45, 7) is 18.3. The average Bonchev–Trinajstić information content (AvgIpc) is 3.27. The van der Waals surface area contributed by atoms with E-state index in [1.54, 1.807) is 0 Å². The van der Waals surface area contributed by atoms with Gasteiger partial charge in [-0.05, 0) is 180 Å². The fourth-order valence-corrected chi connectivity index (χ4v) is 11.6. The fraction of sp³-hybridized carbons (Fsp3) is 0.464. The molecule has 0 bridgehead atoms. The molecule has 7 rings (SSSR count). The number of hydrogen-bond acceptors (Lipinski definition) is 4. The van der Waals surface area contributed by atoms with Crippen molar-refractivity contribution in [3.63, 3.8) is 0 Å². The van der Waals surface area contributed by atoms with Crippen LogP contribution >= 0.6 is 0 Å². The molecule has 0 radical (unpaired) electrons. The maximum atomic E-state index is 10.7. The Morgan fingerprint density at radius 1 is 0.417 bits per heavy atom. The van der Waals surface area contributed by atoms with Crippen LogP contribution in [0.3, 0.4) is 0 Å². The van der Waals surface area contributed by atoms with Gasteiger partial charge in [-0.3, -0.25) is 0 Å². The van der Waals surface area contributed by atoms with Gasteiger partial charge in [0.05, 0.1) is 0 Å². The van der Waals surface area contributed by atoms with Crippen LogP contribution in [0.2, 0.25) is 0 Å². The third-order valence-corrected chi connectivity index (χ3v) is 16.1. The van der Waals surface area contributed by atoms with Crippen molar-refractivity contribution in [3.05, 3.63) is 153 Å². The Kier molecular flexibility index (Phi) is 12.3. The summed E-state index contributed by atoms with van der Waals surface area (Å²) in [4.78, 5) is 0. The predicted molar refractivity (Wildman–Crippen MR) is 248 cm³/mol. The van der Waals surface area contributed by atoms with Crippen LogP contribution in [0, 0.1) is 11.8 Å². The van der Waals surface area contributed by atoms with E-state index in [4.69, 9.17) is 0 Å². The number of aromatic hydroxyl groups is 4. The zero-order valence-corrected chi connectivity index (χ0v) is 37.7. The van der Waals surface area contributed by atoms with Crippen LogP contribution in [0.1, 0.15) is 162 Å². The second kappa shape index (κ2) is 17.0. The lowest BCUT2D eigenvalue weighted by atomic mass is 9.56. The van der Waals surface area contributed by atoms with E-state index in [1.165, 1.54) is 33.4 Å². The molecule has 2 aliphatic carbocycles. The zero-order chi connectivity index (χ0) is 43.0. The molecule has 0 saturated heterocycles. The van der Waals surface area contributed by atoms with Crippen molar-refractivity contribution in [2.24, 2.45) is 11.8 Å². The number of hydrogen-bond donors (Lipinski definition) is 4. The molecular formula is C56H70O4. The maximum absolute atomic E-state index is 10.7. The Balaban J connectivity index is 1.15. The van der Waals surface area contributed by atoms with Crippen LogP contribution in [0.25, 0.3) is 0 Å². The summed E-state index contributed by atoms with van der Waals surface area (Å²) >= 11 is 0. The molecule has 0 aliphatic heterocycles. The lowest BCUT2D eigenvalue weighted by Crippen LogP contribution is -2.40. The highest BCUT2D eigenvalue weighted by Gasteiger charge is 2.46. The van der Waals surface area contributed by atoms with Gasteiger partial charge in [-0.15, -0.1) is 0 Å². The van der Waals surface area contributed by atoms with E-state index in [-0.39, 0.29) is 21.7 Å². The lowest BCUT2D eigenvalue weighted by molar-refractivity contribution is 0.184. The maximum Gasteiger partial charge on any atom is 0.118 e. The van der Waals surface area contributed by atoms with Gasteiger partial charge in [-0.1, -0.05) is 128 Å². The Hall–Kier alpha value is -4.70. The Morgan fingerprint density at radius 2 is 0.683 bits per heavy atom. The second-order valence-corrected chi connectivity index (χ2v) is 19.5. The molecule has 5 aromatic rings. The molecule has 4 nitrogen and oxygen atoms in total. The van der Waals surface area contributed by atoms with Gasteiger partial charge in [0.25, 0.3) is 0 Å². The molecule has 2 aliphatic rings. The van der Waals surface area contributed by atoms with E-state index in [1.807, 2.05) is 24.3 Å². The molecule has 2 saturated carbocycles. The summed E-state index contributed by atoms with van der Waals surface area (Å²) in [7, 11) is 0. The molecule has 0 atom stereocenters. The van der Waals surface area contributed by atoms with Gasteiger partial charge in [0.15, 0.2) is 0 Å². The molecule has 318 valence electrons. The molecule has 60 heavy (non-hydrogen) atoms. The van der Waals surface area contributed by atoms with Crippen LogP contribution in [-0.4, -0.2) is 20.4 Å². The van der Waals surface area contributed by atoms with Crippen molar-refractivity contribution in [2.75, 3.05) is 0 Å². The standard InChI is InChI=1S/C56H70O4/c1-9-37-32-45(16-20-49(37)57)55(46-17-21-50(58)38(10-2)33-46)28-24-41(25-29-55)53(5,6)43-14-13-15-44(36-43)54(7,8)42-26-30-56(31-27-42,47-18-22-51(59)39(11-3)34-47)48-19-23-52(60)40(12-4)35-48/h13-23,32-36,41-42,57-60H,9-12,24-31H2,1-8H3. The molecule has 4 heteroatoms. The summed E-state index contributed by atoms with van der Waals surface area (Å²) < 4.78 is 0. The van der Waals surface area contributed by atoms with Gasteiger partial charge in [0.1, 0.15) is 23.0 Å². The summed E-state index contributed by atoms with van der Waals surface area (Å²) in [6.07, 6.45) is 11.5. The van der Waals surface area contributed by atoms with Gasteiger partial charge in [-0.2, -0.15) is 0 Å². The van der Waals surface area contributed by atoms with Crippen molar-refractivity contribution in [2.45, 2.75) is 154 Å². The summed E-state index contributed by atoms with van der Waals surface area (Å²) in [5.74, 6) is 2.47. The van der Waals surface area contributed by atoms with Crippen molar-refractivity contribution >= 4 is 0 Å². The largest absolute Gasteiger partial charge is 0.508 e. The molecule has 2 fully saturated rings. The first-order valence-electron chi connectivity index (χ1n) is 23.0. The van der Waals surface area contributed by atoms with E-state index in [2.05, 4.69) is 128 Å². The van der Waals surface area contributed by atoms with Crippen molar-refractivity contribution in [1.29, 1.82) is 0 Å². The van der Waals surface area contributed by atoms with Crippen LogP contribution < -0.4 is 0 Å². The summed E-state index contributed by atoms with van der Waals surface area (Å²) in [5, 5.41) is 42.7. The number of phenolic OH excluding ortho intramolecular Hbond substituents is 4. The van der Waals surface area contributed by atoms with Gasteiger partial charge >= 0.3 is 0 Å². The van der Waals surface area contributed by atoms with Gasteiger partial charge in [0.2, 0.25) is 0 Å². The molecule has 0 spiro atoms. The molecule has 4 N–H and O–H groups in total. The SMILES string of the molecule is CCc1cc(C2(c3ccc(O)c(CC)c3)CCC(C(C)(C)c3cccc(C(C)(C)C4CCC(c5ccc(O)c(CC)c5)(c5ccc(O)c(CC)c5)CC4)c3)CC2)ccc1O. The molecule has 0 unspecified atom stereocenters. The Morgan fingerprint density at radius 3 is 0.933 bits per heavy atom. The number of rotatable bonds is 12. The minimum absolute atomic E-state index is 0.0290. The average molecular weight is 807 g/mol. The highest BCUT2D eigenvalue weighted by Crippen LogP contribution is 2.54. The molecule has 5 aromatic carbocycles. The summed E-state index contributed by atoms with van der Waals surface area (Å²) in [5.41, 5.74) is 11.5. The Labute approximate surface area is 360 Å². The van der Waals surface area contributed by atoms with Crippen molar-refractivity contribution < 1.29 is 20.4 Å². The molecule has 0 aromatic heterocycles. The van der Waals surface area contributed by atoms with Gasteiger partial charge in [-0.25, -0.2) is 0 Å². The highest BCUT2D eigenvalue weighted by atomic mass is 16.3. The smallest absolute Gasteiger partial charge is 0.118 e. The fourth-order valence-electron chi connectivity index (χ4n) is 11.6. The first kappa shape index (κ1) is 43.4. The minimum Gasteiger partial charge on any atom is -0.508 e. The van der Waals surface area contributed by atoms with Crippen LogP contribution in [0.5, 0.6) is 23.0 Å². The first-order chi connectivity index (χ1) is 28.6. The lowest BCUT2D eigenvalue weighted by Gasteiger charge is -2.47. The number of phenols is 4. The monoisotopic (exact) mass is 807 g/mol. The first-order valence-corrected chi connectivity index (χ1v) is 23.0. The number of aryl methyl sites for hydroxylation is 4. The van der Waals surface area contributed by atoms with Crippen molar-refractivity contribution in [1.82, 2.24) is 0 Å². The third-order valence-electron chi connectivity index (χ3n) is 16.1. The van der Waals surface area contributed by atoms with E-state index < -0.39 is 0 Å². The van der Waals surface area contributed by atoms with E-state index in [0.717, 1.165) is 99.3 Å². The molecule has 0 amide bonds. The highest BCUT2D eigenvalue weighted by molar-refractivity contribution is 5.51. The van der Waals surface area contributed by atoms with E-state index >= 15 is 0 Å². The minimum atomic E-state index is -0.182. The van der Waals surface area contributed by atoms with Gasteiger partial charge < -0.3 is 20.4 Å². The van der Waals surface area contributed by atoms with Crippen LogP contribution in [-0.2, 0) is 47.3 Å². The van der Waals surface area contributed by atoms with Crippen LogP contribution in [0.4, 0.5) is 0 Å². The summed E-state index contributed by atoms with van der Waals surface area (Å²) in [6, 6.07) is 34.6. The number of benzene rings is 5. The van der Waals surface area contributed by atoms with Gasteiger partial charge in [0, 0.05) is 10.8 Å². The van der Waals surface area contributed by atoms with Crippen LogP contribution in [0.15, 0.2) is 97.1 Å². The quantitative estimate of drug-likeness (QED) is 0.101. The van der Waals surface area contributed by atoms with E-state index in [9.17, 15) is 20.4 Å². The predicted octanol–water partition coefficient (Wildman–Crippen LogP) is 13.7. The Bertz CT molecular complexity index is 2030. The van der Waals surface area contributed by atoms with Crippen molar-refractivity contribution in [3.8, 4) is 23.0 Å². The third kappa shape index (κ3) is 7.73. The normalized spacial score (nSPS) is 17.5. The topological polar surface area (TPSA) is 80.9 Å². The zero-order valence-electron chi connectivity index (χ0n) is 37.7.